The first-order valence-electron chi connectivity index (χ1n) is 7.51. The SMILES string of the molecule is COC[C@H]1CN(C(=O)C[C@H]2C=CCC2)Cc2nnn(C)c21. The summed E-state index contributed by atoms with van der Waals surface area (Å²) < 4.78 is 7.11. The zero-order chi connectivity index (χ0) is 14.8. The molecule has 3 rings (SSSR count). The Morgan fingerprint density at radius 1 is 1.52 bits per heavy atom. The number of allylic oxidation sites excluding steroid dienone is 2. The summed E-state index contributed by atoms with van der Waals surface area (Å²) in [6.07, 6.45) is 7.13. The summed E-state index contributed by atoms with van der Waals surface area (Å²) in [4.78, 5) is 14.4. The fourth-order valence-electron chi connectivity index (χ4n) is 3.36. The molecule has 6 nitrogen and oxygen atoms in total. The van der Waals surface area contributed by atoms with Gasteiger partial charge in [-0.1, -0.05) is 17.4 Å². The van der Waals surface area contributed by atoms with Crippen molar-refractivity contribution in [3.05, 3.63) is 23.5 Å². The first kappa shape index (κ1) is 14.3. The summed E-state index contributed by atoms with van der Waals surface area (Å²) in [5, 5.41) is 8.29. The fourth-order valence-corrected chi connectivity index (χ4v) is 3.36. The number of aryl methyl sites for hydroxylation is 1. The van der Waals surface area contributed by atoms with Crippen LogP contribution in [-0.4, -0.2) is 46.1 Å². The van der Waals surface area contributed by atoms with Gasteiger partial charge in [-0.25, -0.2) is 0 Å². The Morgan fingerprint density at radius 2 is 2.38 bits per heavy atom. The van der Waals surface area contributed by atoms with E-state index in [0.29, 0.717) is 32.0 Å². The fraction of sp³-hybridized carbons (Fsp3) is 0.667. The molecule has 0 bridgehead atoms. The third kappa shape index (κ3) is 2.85. The van der Waals surface area contributed by atoms with Crippen LogP contribution in [0.3, 0.4) is 0 Å². The molecular formula is C15H22N4O2. The van der Waals surface area contributed by atoms with Crippen molar-refractivity contribution >= 4 is 5.91 Å². The highest BCUT2D eigenvalue weighted by Gasteiger charge is 2.32. The average Bonchev–Trinajstić information content (AvgIpc) is 3.09. The maximum atomic E-state index is 12.5. The number of methoxy groups -OCH3 is 1. The standard InChI is InChI=1S/C15H22N4O2/c1-18-15-12(10-21-2)8-19(9-13(15)16-17-18)14(20)7-11-5-3-4-6-11/h3,5,11-12H,4,6-10H2,1-2H3/t11-,12+/m0/s1. The monoisotopic (exact) mass is 290 g/mol. The highest BCUT2D eigenvalue weighted by atomic mass is 16.5. The van der Waals surface area contributed by atoms with Gasteiger partial charge in [-0.2, -0.15) is 0 Å². The van der Waals surface area contributed by atoms with Gasteiger partial charge in [-0.15, -0.1) is 5.10 Å². The normalized spacial score (nSPS) is 24.4. The molecule has 0 radical (unpaired) electrons. The molecule has 1 amide bonds. The van der Waals surface area contributed by atoms with Crippen LogP contribution in [-0.2, 0) is 23.1 Å². The zero-order valence-electron chi connectivity index (χ0n) is 12.7. The second-order valence-corrected chi connectivity index (χ2v) is 5.94. The Balaban J connectivity index is 1.73. The summed E-state index contributed by atoms with van der Waals surface area (Å²) >= 11 is 0. The molecule has 1 aliphatic heterocycles. The summed E-state index contributed by atoms with van der Waals surface area (Å²) in [5.74, 6) is 0.771. The number of hydrogen-bond acceptors (Lipinski definition) is 4. The minimum atomic E-state index is 0.154. The van der Waals surface area contributed by atoms with Gasteiger partial charge in [0.15, 0.2) is 0 Å². The number of carbonyl (C=O) groups excluding carboxylic acids is 1. The van der Waals surface area contributed by atoms with Crippen molar-refractivity contribution in [1.82, 2.24) is 19.9 Å². The molecule has 2 atom stereocenters. The molecule has 1 aromatic rings. The summed E-state index contributed by atoms with van der Waals surface area (Å²) in [6, 6.07) is 0. The van der Waals surface area contributed by atoms with E-state index in [-0.39, 0.29) is 11.8 Å². The molecule has 0 saturated heterocycles. The second-order valence-electron chi connectivity index (χ2n) is 5.94. The molecule has 1 aromatic heterocycles. The number of fused-ring (bicyclic) bond motifs is 1. The molecule has 0 fully saturated rings. The van der Waals surface area contributed by atoms with Gasteiger partial charge in [0.25, 0.3) is 0 Å². The minimum absolute atomic E-state index is 0.154. The lowest BCUT2D eigenvalue weighted by atomic mass is 9.97. The number of rotatable bonds is 4. The number of nitrogens with zero attached hydrogens (tertiary/aromatic N) is 4. The number of aromatic nitrogens is 3. The van der Waals surface area contributed by atoms with Crippen molar-refractivity contribution in [2.75, 3.05) is 20.3 Å². The number of ether oxygens (including phenoxy) is 1. The van der Waals surface area contributed by atoms with Crippen LogP contribution in [0.5, 0.6) is 0 Å². The van der Waals surface area contributed by atoms with Crippen molar-refractivity contribution in [2.45, 2.75) is 31.7 Å². The summed E-state index contributed by atoms with van der Waals surface area (Å²) in [6.45, 7) is 1.84. The van der Waals surface area contributed by atoms with Crippen LogP contribution in [0, 0.1) is 5.92 Å². The second kappa shape index (κ2) is 5.97. The smallest absolute Gasteiger partial charge is 0.223 e. The lowest BCUT2D eigenvalue weighted by molar-refractivity contribution is -0.133. The van der Waals surface area contributed by atoms with E-state index in [4.69, 9.17) is 4.74 Å². The van der Waals surface area contributed by atoms with E-state index in [9.17, 15) is 4.79 Å². The van der Waals surface area contributed by atoms with E-state index < -0.39 is 0 Å². The van der Waals surface area contributed by atoms with Crippen LogP contribution in [0.15, 0.2) is 12.2 Å². The van der Waals surface area contributed by atoms with Crippen molar-refractivity contribution in [3.8, 4) is 0 Å². The molecule has 1 aliphatic carbocycles. The van der Waals surface area contributed by atoms with E-state index in [0.717, 1.165) is 24.2 Å². The maximum absolute atomic E-state index is 12.5. The third-order valence-corrected chi connectivity index (χ3v) is 4.38. The van der Waals surface area contributed by atoms with Gasteiger partial charge in [0, 0.05) is 33.0 Å². The third-order valence-electron chi connectivity index (χ3n) is 4.38. The highest BCUT2D eigenvalue weighted by molar-refractivity contribution is 5.77. The predicted molar refractivity (Wildman–Crippen MR) is 77.5 cm³/mol. The average molecular weight is 290 g/mol. The lowest BCUT2D eigenvalue weighted by Gasteiger charge is -2.32. The molecule has 2 aliphatic rings. The van der Waals surface area contributed by atoms with Gasteiger partial charge in [0.1, 0.15) is 5.69 Å². The molecule has 114 valence electrons. The maximum Gasteiger partial charge on any atom is 0.223 e. The number of amides is 1. The van der Waals surface area contributed by atoms with Gasteiger partial charge < -0.3 is 9.64 Å². The molecule has 6 heteroatoms. The van der Waals surface area contributed by atoms with Crippen LogP contribution < -0.4 is 0 Å². The molecular weight excluding hydrogens is 268 g/mol. The quantitative estimate of drug-likeness (QED) is 0.783. The van der Waals surface area contributed by atoms with Crippen LogP contribution in [0.2, 0.25) is 0 Å². The van der Waals surface area contributed by atoms with E-state index in [1.54, 1.807) is 11.8 Å². The van der Waals surface area contributed by atoms with Gasteiger partial charge in [0.05, 0.1) is 18.8 Å². The molecule has 21 heavy (non-hydrogen) atoms. The van der Waals surface area contributed by atoms with E-state index in [1.807, 2.05) is 11.9 Å². The molecule has 0 aromatic carbocycles. The Bertz CT molecular complexity index is 552. The minimum Gasteiger partial charge on any atom is -0.384 e. The Kier molecular flexibility index (Phi) is 4.05. The molecule has 0 saturated carbocycles. The van der Waals surface area contributed by atoms with Crippen molar-refractivity contribution < 1.29 is 9.53 Å². The van der Waals surface area contributed by atoms with Crippen LogP contribution in [0.4, 0.5) is 0 Å². The lowest BCUT2D eigenvalue weighted by Crippen LogP contribution is -2.40. The van der Waals surface area contributed by atoms with Crippen molar-refractivity contribution in [2.24, 2.45) is 13.0 Å². The predicted octanol–water partition coefficient (Wildman–Crippen LogP) is 1.24. The zero-order valence-corrected chi connectivity index (χ0v) is 12.7. The topological polar surface area (TPSA) is 60.2 Å². The molecule has 2 heterocycles. The van der Waals surface area contributed by atoms with Gasteiger partial charge in [-0.05, 0) is 18.8 Å². The van der Waals surface area contributed by atoms with Gasteiger partial charge >= 0.3 is 0 Å². The van der Waals surface area contributed by atoms with Crippen molar-refractivity contribution in [1.29, 1.82) is 0 Å². The van der Waals surface area contributed by atoms with E-state index in [1.165, 1.54) is 0 Å². The van der Waals surface area contributed by atoms with Gasteiger partial charge in [-0.3, -0.25) is 9.48 Å². The first-order valence-corrected chi connectivity index (χ1v) is 7.51. The number of hydrogen-bond donors (Lipinski definition) is 0. The van der Waals surface area contributed by atoms with Crippen molar-refractivity contribution in [3.63, 3.8) is 0 Å². The molecule has 0 spiro atoms. The Morgan fingerprint density at radius 3 is 3.10 bits per heavy atom. The van der Waals surface area contributed by atoms with Gasteiger partial charge in [0.2, 0.25) is 5.91 Å². The summed E-state index contributed by atoms with van der Waals surface area (Å²) in [7, 11) is 3.59. The Labute approximate surface area is 124 Å². The van der Waals surface area contributed by atoms with Crippen LogP contribution >= 0.6 is 0 Å². The van der Waals surface area contributed by atoms with E-state index >= 15 is 0 Å². The molecule has 0 N–H and O–H groups in total. The van der Waals surface area contributed by atoms with Crippen LogP contribution in [0.1, 0.15) is 36.6 Å². The highest BCUT2D eigenvalue weighted by Crippen LogP contribution is 2.28. The van der Waals surface area contributed by atoms with E-state index in [2.05, 4.69) is 22.5 Å². The Hall–Kier alpha value is -1.69. The number of carbonyl (C=O) groups is 1. The summed E-state index contributed by atoms with van der Waals surface area (Å²) in [5.41, 5.74) is 2.00. The largest absolute Gasteiger partial charge is 0.384 e. The molecule has 0 unspecified atom stereocenters. The first-order chi connectivity index (χ1) is 10.2. The van der Waals surface area contributed by atoms with Crippen LogP contribution in [0.25, 0.3) is 0 Å².